The summed E-state index contributed by atoms with van der Waals surface area (Å²) < 4.78 is 28.8. The number of nitrogens with two attached hydrogens (primary N) is 1. The van der Waals surface area contributed by atoms with E-state index in [0.717, 1.165) is 25.7 Å². The van der Waals surface area contributed by atoms with Crippen LogP contribution in [-0.2, 0) is 17.1 Å². The minimum Gasteiger partial charge on any atom is -0.381 e. The molecule has 2 rings (SSSR count). The van der Waals surface area contributed by atoms with Gasteiger partial charge in [0, 0.05) is 24.5 Å². The first-order valence-corrected chi connectivity index (χ1v) is 9.43. The summed E-state index contributed by atoms with van der Waals surface area (Å²) in [6.45, 7) is 0.449. The zero-order valence-corrected chi connectivity index (χ0v) is 13.6. The maximum absolute atomic E-state index is 12.3. The van der Waals surface area contributed by atoms with Crippen LogP contribution in [-0.4, -0.2) is 35.7 Å². The van der Waals surface area contributed by atoms with Gasteiger partial charge in [-0.2, -0.15) is 16.9 Å². The van der Waals surface area contributed by atoms with Gasteiger partial charge < -0.3 is 5.73 Å². The lowest BCUT2D eigenvalue weighted by Crippen LogP contribution is -2.41. The number of thioether (sulfide) groups is 1. The normalized spacial score (nSPS) is 19.1. The quantitative estimate of drug-likeness (QED) is 0.855. The van der Waals surface area contributed by atoms with Crippen molar-refractivity contribution in [3.8, 4) is 0 Å². The molecule has 1 aromatic rings. The van der Waals surface area contributed by atoms with Gasteiger partial charge >= 0.3 is 0 Å². The number of aryl methyl sites for hydroxylation is 1. The third kappa shape index (κ3) is 3.29. The molecule has 1 aliphatic carbocycles. The summed E-state index contributed by atoms with van der Waals surface area (Å²) in [4.78, 5) is 0.0621. The molecule has 0 aromatic carbocycles. The number of anilines is 1. The van der Waals surface area contributed by atoms with Crippen LogP contribution in [0.15, 0.2) is 11.1 Å². The van der Waals surface area contributed by atoms with Crippen LogP contribution in [0.3, 0.4) is 0 Å². The molecule has 0 saturated heterocycles. The largest absolute Gasteiger partial charge is 0.381 e. The molecule has 1 aromatic heterocycles. The van der Waals surface area contributed by atoms with Gasteiger partial charge in [0.15, 0.2) is 5.82 Å². The third-order valence-electron chi connectivity index (χ3n) is 3.89. The molecule has 1 aliphatic rings. The standard InChI is InChI=1S/C12H22N4O2S2/c1-16-8-10(11(13)15-16)20(17,18)14-9-12(19-2)6-4-3-5-7-12/h8,14H,3-7,9H2,1-2H3,(H2,13,15). The van der Waals surface area contributed by atoms with Crippen molar-refractivity contribution in [2.75, 3.05) is 18.5 Å². The van der Waals surface area contributed by atoms with E-state index in [0.29, 0.717) is 6.54 Å². The van der Waals surface area contributed by atoms with Crippen LogP contribution in [0.1, 0.15) is 32.1 Å². The average Bonchev–Trinajstić information content (AvgIpc) is 2.78. The molecule has 1 heterocycles. The van der Waals surface area contributed by atoms with Gasteiger partial charge in [0.25, 0.3) is 0 Å². The molecule has 0 atom stereocenters. The topological polar surface area (TPSA) is 90.0 Å². The van der Waals surface area contributed by atoms with Crippen LogP contribution in [0.5, 0.6) is 0 Å². The van der Waals surface area contributed by atoms with Gasteiger partial charge in [-0.3, -0.25) is 4.68 Å². The first kappa shape index (κ1) is 15.7. The lowest BCUT2D eigenvalue weighted by Gasteiger charge is -2.35. The number of hydrogen-bond donors (Lipinski definition) is 2. The average molecular weight is 318 g/mol. The van der Waals surface area contributed by atoms with Gasteiger partial charge in [0.2, 0.25) is 10.0 Å². The van der Waals surface area contributed by atoms with Gasteiger partial charge in [-0.15, -0.1) is 0 Å². The molecule has 0 unspecified atom stereocenters. The van der Waals surface area contributed by atoms with E-state index in [1.165, 1.54) is 17.3 Å². The zero-order chi connectivity index (χ0) is 14.8. The van der Waals surface area contributed by atoms with Gasteiger partial charge in [-0.25, -0.2) is 13.1 Å². The molecule has 1 saturated carbocycles. The second-order valence-electron chi connectivity index (χ2n) is 5.32. The minimum absolute atomic E-state index is 0.0162. The second kappa shape index (κ2) is 5.95. The van der Waals surface area contributed by atoms with E-state index >= 15 is 0 Å². The SMILES string of the molecule is CSC1(CNS(=O)(=O)c2cn(C)nc2N)CCCCC1. The van der Waals surface area contributed by atoms with Gasteiger partial charge in [0.1, 0.15) is 4.90 Å². The number of aromatic nitrogens is 2. The summed E-state index contributed by atoms with van der Waals surface area (Å²) >= 11 is 1.76. The highest BCUT2D eigenvalue weighted by molar-refractivity contribution is 8.00. The van der Waals surface area contributed by atoms with Crippen molar-refractivity contribution in [1.29, 1.82) is 0 Å². The summed E-state index contributed by atoms with van der Waals surface area (Å²) in [6, 6.07) is 0. The molecule has 0 radical (unpaired) electrons. The van der Waals surface area contributed by atoms with Gasteiger partial charge in [-0.1, -0.05) is 19.3 Å². The number of hydrogen-bond acceptors (Lipinski definition) is 5. The van der Waals surface area contributed by atoms with Crippen molar-refractivity contribution in [3.05, 3.63) is 6.20 Å². The number of nitrogens with one attached hydrogen (secondary N) is 1. The van der Waals surface area contributed by atoms with Gasteiger partial charge in [0.05, 0.1) is 0 Å². The molecule has 3 N–H and O–H groups in total. The van der Waals surface area contributed by atoms with Crippen LogP contribution in [0.25, 0.3) is 0 Å². The first-order valence-electron chi connectivity index (χ1n) is 6.72. The molecule has 0 spiro atoms. The van der Waals surface area contributed by atoms with E-state index in [9.17, 15) is 8.42 Å². The van der Waals surface area contributed by atoms with E-state index in [-0.39, 0.29) is 15.5 Å². The Morgan fingerprint density at radius 2 is 2.10 bits per heavy atom. The van der Waals surface area contributed by atoms with E-state index < -0.39 is 10.0 Å². The predicted molar refractivity (Wildman–Crippen MR) is 82.1 cm³/mol. The molecule has 114 valence electrons. The molecule has 6 nitrogen and oxygen atoms in total. The summed E-state index contributed by atoms with van der Waals surface area (Å²) in [5, 5.41) is 3.88. The van der Waals surface area contributed by atoms with Crippen LogP contribution in [0.4, 0.5) is 5.82 Å². The molecule has 20 heavy (non-hydrogen) atoms. The van der Waals surface area contributed by atoms with E-state index in [1.54, 1.807) is 18.8 Å². The van der Waals surface area contributed by atoms with Crippen LogP contribution in [0.2, 0.25) is 0 Å². The lowest BCUT2D eigenvalue weighted by atomic mass is 9.88. The smallest absolute Gasteiger partial charge is 0.245 e. The monoisotopic (exact) mass is 318 g/mol. The predicted octanol–water partition coefficient (Wildman–Crippen LogP) is 1.35. The van der Waals surface area contributed by atoms with Crippen molar-refractivity contribution in [3.63, 3.8) is 0 Å². The molecular formula is C12H22N4O2S2. The second-order valence-corrected chi connectivity index (χ2v) is 8.33. The van der Waals surface area contributed by atoms with Crippen molar-refractivity contribution >= 4 is 27.6 Å². The maximum Gasteiger partial charge on any atom is 0.245 e. The Balaban J connectivity index is 2.10. The van der Waals surface area contributed by atoms with Crippen molar-refractivity contribution in [1.82, 2.24) is 14.5 Å². The molecule has 0 aliphatic heterocycles. The van der Waals surface area contributed by atoms with E-state index in [2.05, 4.69) is 16.1 Å². The fourth-order valence-electron chi connectivity index (χ4n) is 2.64. The van der Waals surface area contributed by atoms with Crippen LogP contribution < -0.4 is 10.5 Å². The molecule has 8 heteroatoms. The number of sulfonamides is 1. The Kier molecular flexibility index (Phi) is 4.66. The Morgan fingerprint density at radius 3 is 2.60 bits per heavy atom. The Labute approximate surface area is 124 Å². The minimum atomic E-state index is -3.59. The summed E-state index contributed by atoms with van der Waals surface area (Å²) in [7, 11) is -1.94. The van der Waals surface area contributed by atoms with E-state index in [4.69, 9.17) is 5.73 Å². The highest BCUT2D eigenvalue weighted by atomic mass is 32.2. The third-order valence-corrected chi connectivity index (χ3v) is 6.73. The molecular weight excluding hydrogens is 296 g/mol. The van der Waals surface area contributed by atoms with Crippen molar-refractivity contribution in [2.24, 2.45) is 7.05 Å². The van der Waals surface area contributed by atoms with Gasteiger partial charge in [-0.05, 0) is 19.1 Å². The van der Waals surface area contributed by atoms with E-state index in [1.807, 2.05) is 0 Å². The first-order chi connectivity index (χ1) is 9.38. The Morgan fingerprint density at radius 1 is 1.45 bits per heavy atom. The van der Waals surface area contributed by atoms with Crippen LogP contribution in [0, 0.1) is 0 Å². The zero-order valence-electron chi connectivity index (χ0n) is 11.9. The fraction of sp³-hybridized carbons (Fsp3) is 0.750. The molecule has 0 amide bonds. The van der Waals surface area contributed by atoms with Crippen molar-refractivity contribution in [2.45, 2.75) is 41.7 Å². The Bertz CT molecular complexity index is 562. The maximum atomic E-state index is 12.3. The summed E-state index contributed by atoms with van der Waals surface area (Å²) in [5.41, 5.74) is 5.65. The highest BCUT2D eigenvalue weighted by Gasteiger charge is 2.33. The van der Waals surface area contributed by atoms with Crippen molar-refractivity contribution < 1.29 is 8.42 Å². The summed E-state index contributed by atoms with van der Waals surface area (Å²) in [5.74, 6) is 0.0434. The number of nitrogen functional groups attached to an aromatic ring is 1. The summed E-state index contributed by atoms with van der Waals surface area (Å²) in [6.07, 6.45) is 9.17. The number of rotatable bonds is 5. The Hall–Kier alpha value is -0.730. The lowest BCUT2D eigenvalue weighted by molar-refractivity contribution is 0.395. The number of nitrogens with zero attached hydrogens (tertiary/aromatic N) is 2. The highest BCUT2D eigenvalue weighted by Crippen LogP contribution is 2.38. The fourth-order valence-corrected chi connectivity index (χ4v) is 4.88. The molecule has 0 bridgehead atoms. The molecule has 1 fully saturated rings. The van der Waals surface area contributed by atoms with Crippen LogP contribution >= 0.6 is 11.8 Å².